The molecule has 0 saturated heterocycles. The molecular formula is C21H18F2N4O3. The summed E-state index contributed by atoms with van der Waals surface area (Å²) in [5, 5.41) is 5.38. The summed E-state index contributed by atoms with van der Waals surface area (Å²) in [6.45, 7) is 7.92. The summed E-state index contributed by atoms with van der Waals surface area (Å²) in [6, 6.07) is 5.08. The molecule has 0 radical (unpaired) electrons. The van der Waals surface area contributed by atoms with E-state index in [0.717, 1.165) is 0 Å². The number of amides is 2. The van der Waals surface area contributed by atoms with E-state index in [4.69, 9.17) is 4.74 Å². The van der Waals surface area contributed by atoms with E-state index in [1.807, 2.05) is 0 Å². The van der Waals surface area contributed by atoms with Crippen LogP contribution in [0.5, 0.6) is 0 Å². The zero-order valence-corrected chi connectivity index (χ0v) is 16.5. The van der Waals surface area contributed by atoms with Crippen molar-refractivity contribution >= 4 is 34.4 Å². The Morgan fingerprint density at radius 2 is 1.77 bits per heavy atom. The predicted molar refractivity (Wildman–Crippen MR) is 109 cm³/mol. The van der Waals surface area contributed by atoms with Crippen LogP contribution in [-0.2, 0) is 9.53 Å². The van der Waals surface area contributed by atoms with Gasteiger partial charge < -0.3 is 10.1 Å². The van der Waals surface area contributed by atoms with Crippen LogP contribution in [-0.4, -0.2) is 22.0 Å². The highest BCUT2D eigenvalue weighted by Gasteiger charge is 2.17. The second-order valence-corrected chi connectivity index (χ2v) is 6.59. The van der Waals surface area contributed by atoms with Crippen molar-refractivity contribution in [3.05, 3.63) is 60.1 Å². The van der Waals surface area contributed by atoms with Crippen LogP contribution >= 0.6 is 0 Å². The van der Waals surface area contributed by atoms with Gasteiger partial charge in [0.2, 0.25) is 5.91 Å². The van der Waals surface area contributed by atoms with Gasteiger partial charge in [-0.3, -0.25) is 15.1 Å². The molecule has 0 fully saturated rings. The van der Waals surface area contributed by atoms with Crippen molar-refractivity contribution in [3.63, 3.8) is 0 Å². The number of rotatable bonds is 4. The molecule has 0 spiro atoms. The third-order valence-electron chi connectivity index (χ3n) is 4.04. The number of nitrogens with one attached hydrogen (secondary N) is 2. The first kappa shape index (κ1) is 20.8. The molecule has 7 nitrogen and oxygen atoms in total. The zero-order valence-electron chi connectivity index (χ0n) is 16.5. The van der Waals surface area contributed by atoms with Crippen molar-refractivity contribution < 1.29 is 23.1 Å². The number of anilines is 2. The third-order valence-corrected chi connectivity index (χ3v) is 4.04. The number of aromatic nitrogens is 2. The van der Waals surface area contributed by atoms with Gasteiger partial charge in [-0.2, -0.15) is 0 Å². The average Bonchev–Trinajstić information content (AvgIpc) is 2.62. The van der Waals surface area contributed by atoms with Gasteiger partial charge in [0.1, 0.15) is 17.5 Å². The fraction of sp³-hybridized carbons (Fsp3) is 0.143. The van der Waals surface area contributed by atoms with Crippen molar-refractivity contribution in [3.8, 4) is 11.1 Å². The molecular weight excluding hydrogens is 394 g/mol. The van der Waals surface area contributed by atoms with E-state index in [-0.39, 0.29) is 22.9 Å². The molecule has 2 heterocycles. The lowest BCUT2D eigenvalue weighted by atomic mass is 10.0. The molecule has 2 amide bonds. The Bertz CT molecular complexity index is 1190. The lowest BCUT2D eigenvalue weighted by Gasteiger charge is -2.13. The number of carbonyl (C=O) groups is 2. The number of halogens is 2. The van der Waals surface area contributed by atoms with Gasteiger partial charge in [-0.1, -0.05) is 6.58 Å². The van der Waals surface area contributed by atoms with Crippen LogP contribution in [0.2, 0.25) is 0 Å². The predicted octanol–water partition coefficient (Wildman–Crippen LogP) is 4.92. The Hall–Kier alpha value is -3.88. The van der Waals surface area contributed by atoms with Crippen molar-refractivity contribution in [1.29, 1.82) is 0 Å². The van der Waals surface area contributed by atoms with Crippen LogP contribution in [0.4, 0.5) is 25.1 Å². The summed E-state index contributed by atoms with van der Waals surface area (Å²) in [4.78, 5) is 31.5. The number of benzene rings is 1. The number of allylic oxidation sites excluding steroid dienone is 1. The zero-order chi connectivity index (χ0) is 22.0. The van der Waals surface area contributed by atoms with E-state index in [0.29, 0.717) is 34.0 Å². The smallest absolute Gasteiger partial charge is 0.416 e. The van der Waals surface area contributed by atoms with Crippen molar-refractivity contribution in [2.24, 2.45) is 0 Å². The van der Waals surface area contributed by atoms with Gasteiger partial charge in [0.05, 0.1) is 17.0 Å². The van der Waals surface area contributed by atoms with Crippen molar-refractivity contribution in [1.82, 2.24) is 9.97 Å². The number of hydrogen-bond donors (Lipinski definition) is 2. The highest BCUT2D eigenvalue weighted by atomic mass is 19.1. The molecule has 154 valence electrons. The van der Waals surface area contributed by atoms with Gasteiger partial charge in [-0.05, 0) is 26.0 Å². The molecule has 3 rings (SSSR count). The van der Waals surface area contributed by atoms with Gasteiger partial charge in [0, 0.05) is 47.5 Å². The van der Waals surface area contributed by atoms with Crippen LogP contribution < -0.4 is 10.6 Å². The number of carbonyl (C=O) groups excluding carboxylic acids is 2. The maximum atomic E-state index is 14.6. The van der Waals surface area contributed by atoms with Gasteiger partial charge in [0.15, 0.2) is 0 Å². The minimum atomic E-state index is -0.956. The molecule has 0 unspecified atom stereocenters. The minimum absolute atomic E-state index is 0.0415. The maximum Gasteiger partial charge on any atom is 0.416 e. The van der Waals surface area contributed by atoms with E-state index in [2.05, 4.69) is 27.2 Å². The summed E-state index contributed by atoms with van der Waals surface area (Å²) in [5.74, 6) is -1.59. The Morgan fingerprint density at radius 3 is 2.43 bits per heavy atom. The molecule has 2 aromatic heterocycles. The van der Waals surface area contributed by atoms with E-state index in [9.17, 15) is 18.4 Å². The largest absolute Gasteiger partial charge is 0.416 e. The SMILES string of the molecule is C=C(C)OC(=O)Nc1cc(-c2cc3cnc(NC(C)=O)cc3nc2C)c(F)cc1F. The number of nitrogens with zero attached hydrogens (tertiary/aromatic N) is 2. The molecule has 0 atom stereocenters. The summed E-state index contributed by atoms with van der Waals surface area (Å²) >= 11 is 0. The fourth-order valence-corrected chi connectivity index (χ4v) is 2.83. The molecule has 30 heavy (non-hydrogen) atoms. The maximum absolute atomic E-state index is 14.6. The first-order valence-electron chi connectivity index (χ1n) is 8.83. The number of ether oxygens (including phenoxy) is 1. The normalized spacial score (nSPS) is 10.6. The highest BCUT2D eigenvalue weighted by Crippen LogP contribution is 2.32. The van der Waals surface area contributed by atoms with Gasteiger partial charge in [-0.15, -0.1) is 0 Å². The molecule has 9 heteroatoms. The molecule has 1 aromatic carbocycles. The van der Waals surface area contributed by atoms with Crippen molar-refractivity contribution in [2.75, 3.05) is 10.6 Å². The van der Waals surface area contributed by atoms with E-state index < -0.39 is 17.7 Å². The van der Waals surface area contributed by atoms with Gasteiger partial charge >= 0.3 is 6.09 Å². The Balaban J connectivity index is 2.04. The van der Waals surface area contributed by atoms with Crippen LogP contribution in [0, 0.1) is 18.6 Å². The summed E-state index contributed by atoms with van der Waals surface area (Å²) in [7, 11) is 0. The number of fused-ring (bicyclic) bond motifs is 1. The average molecular weight is 412 g/mol. The monoisotopic (exact) mass is 412 g/mol. The third kappa shape index (κ3) is 4.57. The molecule has 0 aliphatic carbocycles. The lowest BCUT2D eigenvalue weighted by Crippen LogP contribution is -2.13. The standard InChI is InChI=1S/C21H18F2N4O3/c1-10(2)30-21(29)27-19-6-15(16(22)7-17(19)23)14-5-13-9-24-20(26-12(4)28)8-18(13)25-11(14)3/h5-9H,1H2,2-4H3,(H,27,29)(H,24,26,28). The molecule has 0 aliphatic rings. The van der Waals surface area contributed by atoms with E-state index in [1.165, 1.54) is 26.1 Å². The second kappa shape index (κ2) is 8.24. The molecule has 0 saturated carbocycles. The van der Waals surface area contributed by atoms with E-state index >= 15 is 0 Å². The fourth-order valence-electron chi connectivity index (χ4n) is 2.83. The topological polar surface area (TPSA) is 93.2 Å². The van der Waals surface area contributed by atoms with Crippen LogP contribution in [0.15, 0.2) is 42.8 Å². The first-order valence-corrected chi connectivity index (χ1v) is 8.83. The number of aryl methyl sites for hydroxylation is 1. The van der Waals surface area contributed by atoms with Crippen molar-refractivity contribution in [2.45, 2.75) is 20.8 Å². The Labute approximate surface area is 170 Å². The van der Waals surface area contributed by atoms with Gasteiger partial charge in [0.25, 0.3) is 0 Å². The van der Waals surface area contributed by atoms with Crippen LogP contribution in [0.1, 0.15) is 19.5 Å². The Morgan fingerprint density at radius 1 is 1.03 bits per heavy atom. The van der Waals surface area contributed by atoms with E-state index in [1.54, 1.807) is 19.1 Å². The number of pyridine rings is 2. The summed E-state index contributed by atoms with van der Waals surface area (Å²) in [5.41, 5.74) is 1.19. The van der Waals surface area contributed by atoms with Gasteiger partial charge in [-0.25, -0.2) is 18.6 Å². The quantitative estimate of drug-likeness (QED) is 0.593. The lowest BCUT2D eigenvalue weighted by molar-refractivity contribution is -0.114. The Kier molecular flexibility index (Phi) is 5.72. The minimum Gasteiger partial charge on any atom is -0.416 e. The number of hydrogen-bond acceptors (Lipinski definition) is 5. The van der Waals surface area contributed by atoms with Crippen LogP contribution in [0.3, 0.4) is 0 Å². The molecule has 2 N–H and O–H groups in total. The second-order valence-electron chi connectivity index (χ2n) is 6.59. The van der Waals surface area contributed by atoms with Crippen LogP contribution in [0.25, 0.3) is 22.0 Å². The molecule has 0 aliphatic heterocycles. The summed E-state index contributed by atoms with van der Waals surface area (Å²) < 4.78 is 33.5. The molecule has 0 bridgehead atoms. The molecule has 3 aromatic rings. The summed E-state index contributed by atoms with van der Waals surface area (Å²) in [6.07, 6.45) is 0.545. The first-order chi connectivity index (χ1) is 14.1. The highest BCUT2D eigenvalue weighted by molar-refractivity contribution is 5.92.